The number of benzene rings is 3. The van der Waals surface area contributed by atoms with E-state index in [4.69, 9.17) is 4.74 Å². The number of nitrogens with zero attached hydrogens (tertiary/aromatic N) is 2. The zero-order valence-electron chi connectivity index (χ0n) is 20.1. The molecule has 36 heavy (non-hydrogen) atoms. The van der Waals surface area contributed by atoms with Crippen LogP contribution in [0.5, 0.6) is 11.5 Å². The van der Waals surface area contributed by atoms with E-state index in [-0.39, 0.29) is 11.6 Å². The number of rotatable bonds is 8. The Balaban J connectivity index is 1.56. The Morgan fingerprint density at radius 3 is 2.25 bits per heavy atom. The molecule has 188 valence electrons. The molecular formula is C27H29N3O5S. The summed E-state index contributed by atoms with van der Waals surface area (Å²) in [6.07, 6.45) is 4.04. The van der Waals surface area contributed by atoms with Crippen molar-refractivity contribution in [3.8, 4) is 11.5 Å². The first-order valence-electron chi connectivity index (χ1n) is 11.8. The Labute approximate surface area is 211 Å². The smallest absolute Gasteiger partial charge is 0.255 e. The molecule has 0 radical (unpaired) electrons. The number of sulfonamides is 1. The first-order chi connectivity index (χ1) is 17.3. The fourth-order valence-electron chi connectivity index (χ4n) is 4.11. The predicted octanol–water partition coefficient (Wildman–Crippen LogP) is 4.51. The van der Waals surface area contributed by atoms with Crippen molar-refractivity contribution in [1.29, 1.82) is 0 Å². The third-order valence-electron chi connectivity index (χ3n) is 5.87. The number of amides is 2. The molecule has 8 nitrogen and oxygen atoms in total. The molecule has 3 aromatic carbocycles. The fourth-order valence-corrected chi connectivity index (χ4v) is 4.97. The molecule has 1 aliphatic heterocycles. The maximum Gasteiger partial charge on any atom is 0.255 e. The summed E-state index contributed by atoms with van der Waals surface area (Å²) in [5.74, 6) is 0.108. The highest BCUT2D eigenvalue weighted by Gasteiger charge is 2.26. The summed E-state index contributed by atoms with van der Waals surface area (Å²) in [6, 6.07) is 22.4. The summed E-state index contributed by atoms with van der Waals surface area (Å²) in [4.78, 5) is 27.9. The number of carbonyl (C=O) groups is 2. The van der Waals surface area contributed by atoms with E-state index in [1.807, 2.05) is 18.2 Å². The highest BCUT2D eigenvalue weighted by atomic mass is 32.2. The molecule has 1 N–H and O–H groups in total. The van der Waals surface area contributed by atoms with Gasteiger partial charge in [0.15, 0.2) is 5.75 Å². The second kappa shape index (κ2) is 11.3. The third kappa shape index (κ3) is 6.23. The molecule has 3 aromatic rings. The van der Waals surface area contributed by atoms with E-state index in [2.05, 4.69) is 5.32 Å². The summed E-state index contributed by atoms with van der Waals surface area (Å²) in [6.45, 7) is 0.878. The van der Waals surface area contributed by atoms with Crippen LogP contribution in [0.15, 0.2) is 78.9 Å². The molecule has 1 aliphatic rings. The second-order valence-electron chi connectivity index (χ2n) is 8.60. The van der Waals surface area contributed by atoms with Gasteiger partial charge in [-0.2, -0.15) is 0 Å². The Morgan fingerprint density at radius 1 is 0.889 bits per heavy atom. The van der Waals surface area contributed by atoms with Crippen LogP contribution in [-0.2, 0) is 14.8 Å². The van der Waals surface area contributed by atoms with Crippen molar-refractivity contribution in [3.63, 3.8) is 0 Å². The third-order valence-corrected chi connectivity index (χ3v) is 6.99. The van der Waals surface area contributed by atoms with Gasteiger partial charge in [0.1, 0.15) is 12.3 Å². The highest BCUT2D eigenvalue weighted by molar-refractivity contribution is 7.92. The average molecular weight is 508 g/mol. The topological polar surface area (TPSA) is 96.0 Å². The lowest BCUT2D eigenvalue weighted by Crippen LogP contribution is -2.38. The minimum Gasteiger partial charge on any atom is -0.455 e. The lowest BCUT2D eigenvalue weighted by molar-refractivity contribution is -0.114. The Morgan fingerprint density at radius 2 is 1.53 bits per heavy atom. The molecule has 0 aromatic heterocycles. The van der Waals surface area contributed by atoms with Crippen LogP contribution in [0.3, 0.4) is 0 Å². The first kappa shape index (κ1) is 25.2. The van der Waals surface area contributed by atoms with Gasteiger partial charge in [0, 0.05) is 13.1 Å². The normalized spacial score (nSPS) is 13.6. The van der Waals surface area contributed by atoms with E-state index in [0.717, 1.165) is 29.8 Å². The van der Waals surface area contributed by atoms with Crippen LogP contribution in [0.2, 0.25) is 0 Å². The van der Waals surface area contributed by atoms with E-state index in [1.165, 1.54) is 0 Å². The van der Waals surface area contributed by atoms with Gasteiger partial charge in [-0.3, -0.25) is 13.9 Å². The van der Waals surface area contributed by atoms with Crippen molar-refractivity contribution < 1.29 is 22.7 Å². The van der Waals surface area contributed by atoms with Crippen LogP contribution >= 0.6 is 0 Å². The van der Waals surface area contributed by atoms with E-state index in [0.29, 0.717) is 35.8 Å². The van der Waals surface area contributed by atoms with Crippen molar-refractivity contribution >= 4 is 33.2 Å². The summed E-state index contributed by atoms with van der Waals surface area (Å²) in [7, 11) is -3.85. The fraction of sp³-hybridized carbons (Fsp3) is 0.259. The zero-order chi connectivity index (χ0) is 25.5. The molecule has 0 bridgehead atoms. The molecular weight excluding hydrogens is 478 g/mol. The largest absolute Gasteiger partial charge is 0.455 e. The quantitative estimate of drug-likeness (QED) is 0.484. The average Bonchev–Trinajstić information content (AvgIpc) is 2.88. The molecule has 0 spiro atoms. The highest BCUT2D eigenvalue weighted by Crippen LogP contribution is 2.33. The number of piperidine rings is 1. The zero-order valence-corrected chi connectivity index (χ0v) is 20.9. The molecule has 9 heteroatoms. The van der Waals surface area contributed by atoms with Crippen molar-refractivity contribution in [2.45, 2.75) is 19.3 Å². The number of nitrogens with one attached hydrogen (secondary N) is 1. The van der Waals surface area contributed by atoms with Crippen molar-refractivity contribution in [1.82, 2.24) is 4.90 Å². The SMILES string of the molecule is CS(=O)(=O)N(CC(=O)Nc1ccccc1C(=O)N1CCCCC1)c1ccccc1Oc1ccccc1. The summed E-state index contributed by atoms with van der Waals surface area (Å²) < 4.78 is 32.4. The van der Waals surface area contributed by atoms with Gasteiger partial charge in [0.2, 0.25) is 15.9 Å². The Bertz CT molecular complexity index is 1320. The molecule has 0 atom stereocenters. The standard InChI is InChI=1S/C27H29N3O5S/c1-36(33,34)30(24-16-8-9-17-25(24)35-21-12-4-2-5-13-21)20-26(31)28-23-15-7-6-14-22(23)27(32)29-18-10-3-11-19-29/h2,4-9,12-17H,3,10-11,18-20H2,1H3,(H,28,31). The van der Waals surface area contributed by atoms with Crippen LogP contribution in [0.4, 0.5) is 11.4 Å². The minimum absolute atomic E-state index is 0.146. The number of hydrogen-bond acceptors (Lipinski definition) is 5. The van der Waals surface area contributed by atoms with Gasteiger partial charge in [0.05, 0.1) is 23.2 Å². The van der Waals surface area contributed by atoms with Gasteiger partial charge in [-0.15, -0.1) is 0 Å². The maximum absolute atomic E-state index is 13.1. The molecule has 0 saturated carbocycles. The molecule has 2 amide bonds. The van der Waals surface area contributed by atoms with Gasteiger partial charge in [-0.05, 0) is 55.7 Å². The van der Waals surface area contributed by atoms with Crippen molar-refractivity contribution in [3.05, 3.63) is 84.4 Å². The predicted molar refractivity (Wildman–Crippen MR) is 140 cm³/mol. The summed E-state index contributed by atoms with van der Waals surface area (Å²) >= 11 is 0. The number of carbonyl (C=O) groups excluding carboxylic acids is 2. The second-order valence-corrected chi connectivity index (χ2v) is 10.5. The van der Waals surface area contributed by atoms with Crippen molar-refractivity contribution in [2.75, 3.05) is 35.5 Å². The van der Waals surface area contributed by atoms with Crippen LogP contribution in [-0.4, -0.2) is 51.0 Å². The number of anilines is 2. The number of likely N-dealkylation sites (tertiary alicyclic amines) is 1. The number of para-hydroxylation sites is 4. The van der Waals surface area contributed by atoms with E-state index in [9.17, 15) is 18.0 Å². The Hall–Kier alpha value is -3.85. The van der Waals surface area contributed by atoms with E-state index < -0.39 is 22.5 Å². The summed E-state index contributed by atoms with van der Waals surface area (Å²) in [5, 5.41) is 2.74. The molecule has 1 fully saturated rings. The van der Waals surface area contributed by atoms with Gasteiger partial charge < -0.3 is 15.0 Å². The molecule has 1 heterocycles. The van der Waals surface area contributed by atoms with Gasteiger partial charge in [0.25, 0.3) is 5.91 Å². The lowest BCUT2D eigenvalue weighted by Gasteiger charge is -2.28. The van der Waals surface area contributed by atoms with Crippen LogP contribution < -0.4 is 14.4 Å². The van der Waals surface area contributed by atoms with Crippen molar-refractivity contribution in [2.24, 2.45) is 0 Å². The number of hydrogen-bond donors (Lipinski definition) is 1. The Kier molecular flexibility index (Phi) is 7.90. The molecule has 4 rings (SSSR count). The minimum atomic E-state index is -3.85. The number of ether oxygens (including phenoxy) is 1. The molecule has 0 unspecified atom stereocenters. The van der Waals surface area contributed by atoms with E-state index >= 15 is 0 Å². The maximum atomic E-state index is 13.1. The van der Waals surface area contributed by atoms with Crippen LogP contribution in [0.1, 0.15) is 29.6 Å². The van der Waals surface area contributed by atoms with Gasteiger partial charge >= 0.3 is 0 Å². The monoisotopic (exact) mass is 507 g/mol. The summed E-state index contributed by atoms with van der Waals surface area (Å²) in [5.41, 5.74) is 0.962. The first-order valence-corrected chi connectivity index (χ1v) is 13.7. The van der Waals surface area contributed by atoms with Gasteiger partial charge in [-0.1, -0.05) is 42.5 Å². The van der Waals surface area contributed by atoms with E-state index in [1.54, 1.807) is 65.6 Å². The van der Waals surface area contributed by atoms with Crippen LogP contribution in [0, 0.1) is 0 Å². The van der Waals surface area contributed by atoms with Gasteiger partial charge in [-0.25, -0.2) is 8.42 Å². The van der Waals surface area contributed by atoms with Crippen LogP contribution in [0.25, 0.3) is 0 Å². The molecule has 0 aliphatic carbocycles. The lowest BCUT2D eigenvalue weighted by atomic mass is 10.1. The molecule has 1 saturated heterocycles.